The minimum Gasteiger partial charge on any atom is -0.479 e. The maximum absolute atomic E-state index is 10.5. The molecule has 17 heavy (non-hydrogen) atoms. The first kappa shape index (κ1) is 11.7. The minimum absolute atomic E-state index is 0.380. The lowest BCUT2D eigenvalue weighted by atomic mass is 10.4. The number of imidazole rings is 1. The highest BCUT2D eigenvalue weighted by Gasteiger charge is 2.15. The van der Waals surface area contributed by atoms with Crippen LogP contribution in [0.15, 0.2) is 17.5 Å². The summed E-state index contributed by atoms with van der Waals surface area (Å²) in [5, 5.41) is 10.6. The van der Waals surface area contributed by atoms with Crippen LogP contribution in [-0.4, -0.2) is 27.4 Å². The normalized spacial score (nSPS) is 10.5. The van der Waals surface area contributed by atoms with Gasteiger partial charge in [0.15, 0.2) is 5.82 Å². The van der Waals surface area contributed by atoms with Crippen molar-refractivity contribution in [2.45, 2.75) is 13.8 Å². The van der Waals surface area contributed by atoms with E-state index in [2.05, 4.69) is 4.98 Å². The Labute approximate surface area is 102 Å². The molecule has 0 radical (unpaired) electrons. The zero-order chi connectivity index (χ0) is 12.4. The molecule has 0 saturated carbocycles. The Balaban J connectivity index is 2.38. The van der Waals surface area contributed by atoms with E-state index in [1.807, 2.05) is 31.4 Å². The zero-order valence-corrected chi connectivity index (χ0v) is 10.3. The van der Waals surface area contributed by atoms with Crippen LogP contribution in [0.3, 0.4) is 0 Å². The van der Waals surface area contributed by atoms with Crippen LogP contribution in [0.1, 0.15) is 11.4 Å². The molecule has 0 saturated heterocycles. The van der Waals surface area contributed by atoms with E-state index in [0.29, 0.717) is 5.82 Å². The Bertz CT molecular complexity index is 531. The predicted octanol–water partition coefficient (Wildman–Crippen LogP) is 1.74. The monoisotopic (exact) mass is 252 g/mol. The molecule has 90 valence electrons. The van der Waals surface area contributed by atoms with Gasteiger partial charge in [-0.15, -0.1) is 11.3 Å². The van der Waals surface area contributed by atoms with Crippen LogP contribution < -0.4 is 4.84 Å². The van der Waals surface area contributed by atoms with E-state index in [1.165, 1.54) is 16.1 Å². The van der Waals surface area contributed by atoms with Gasteiger partial charge in [0.05, 0.1) is 16.3 Å². The molecule has 2 aromatic heterocycles. The van der Waals surface area contributed by atoms with E-state index in [1.54, 1.807) is 0 Å². The quantitative estimate of drug-likeness (QED) is 0.900. The van der Waals surface area contributed by atoms with Crippen molar-refractivity contribution < 1.29 is 14.7 Å². The van der Waals surface area contributed by atoms with Gasteiger partial charge in [-0.1, -0.05) is 6.07 Å². The molecule has 0 amide bonds. The van der Waals surface area contributed by atoms with E-state index >= 15 is 0 Å². The largest absolute Gasteiger partial charge is 0.479 e. The van der Waals surface area contributed by atoms with Crippen LogP contribution in [0.5, 0.6) is 0 Å². The van der Waals surface area contributed by atoms with E-state index in [9.17, 15) is 4.79 Å². The number of thiophene rings is 1. The fraction of sp³-hybridized carbons (Fsp3) is 0.273. The molecule has 0 spiro atoms. The maximum Gasteiger partial charge on any atom is 0.344 e. The molecule has 2 aromatic rings. The number of carbonyl (C=O) groups is 1. The summed E-state index contributed by atoms with van der Waals surface area (Å²) in [6.45, 7) is 3.34. The molecule has 0 fully saturated rings. The molecule has 1 N–H and O–H groups in total. The topological polar surface area (TPSA) is 64.4 Å². The second-order valence-electron chi connectivity index (χ2n) is 3.55. The summed E-state index contributed by atoms with van der Waals surface area (Å²) < 4.78 is 1.48. The first-order valence-corrected chi connectivity index (χ1v) is 5.92. The number of rotatable bonds is 4. The SMILES string of the molecule is Cc1nc(-c2cccs2)n(OCC(=O)O)c1C. The Hall–Kier alpha value is -1.82. The molecule has 5 nitrogen and oxygen atoms in total. The molecule has 6 heteroatoms. The first-order chi connectivity index (χ1) is 8.09. The summed E-state index contributed by atoms with van der Waals surface area (Å²) in [6.07, 6.45) is 0. The fourth-order valence-corrected chi connectivity index (χ4v) is 2.12. The van der Waals surface area contributed by atoms with Crippen LogP contribution in [0, 0.1) is 13.8 Å². The summed E-state index contributed by atoms with van der Waals surface area (Å²) in [6, 6.07) is 3.84. The van der Waals surface area contributed by atoms with Gasteiger partial charge in [0.1, 0.15) is 0 Å². The Morgan fingerprint density at radius 3 is 2.94 bits per heavy atom. The number of carboxylic acids is 1. The molecule has 0 aliphatic heterocycles. The maximum atomic E-state index is 10.5. The average Bonchev–Trinajstić information content (AvgIpc) is 2.87. The van der Waals surface area contributed by atoms with Crippen molar-refractivity contribution in [3.05, 3.63) is 28.9 Å². The molecular weight excluding hydrogens is 240 g/mol. The highest BCUT2D eigenvalue weighted by atomic mass is 32.1. The number of aliphatic carboxylic acids is 1. The van der Waals surface area contributed by atoms with E-state index in [-0.39, 0.29) is 6.61 Å². The van der Waals surface area contributed by atoms with Crippen molar-refractivity contribution in [3.63, 3.8) is 0 Å². The highest BCUT2D eigenvalue weighted by Crippen LogP contribution is 2.25. The van der Waals surface area contributed by atoms with Gasteiger partial charge in [0.2, 0.25) is 6.61 Å². The van der Waals surface area contributed by atoms with Crippen molar-refractivity contribution in [3.8, 4) is 10.7 Å². The van der Waals surface area contributed by atoms with Crippen LogP contribution in [0.4, 0.5) is 0 Å². The van der Waals surface area contributed by atoms with Gasteiger partial charge in [0, 0.05) is 0 Å². The number of nitrogens with zero attached hydrogens (tertiary/aromatic N) is 2. The molecule has 2 rings (SSSR count). The van der Waals surface area contributed by atoms with Crippen molar-refractivity contribution in [2.75, 3.05) is 6.61 Å². The van der Waals surface area contributed by atoms with Crippen molar-refractivity contribution in [2.24, 2.45) is 0 Å². The summed E-state index contributed by atoms with van der Waals surface area (Å²) in [5.41, 5.74) is 1.65. The summed E-state index contributed by atoms with van der Waals surface area (Å²) in [5.74, 6) is -0.357. The predicted molar refractivity (Wildman–Crippen MR) is 64.1 cm³/mol. The summed E-state index contributed by atoms with van der Waals surface area (Å²) in [4.78, 5) is 21.1. The van der Waals surface area contributed by atoms with Crippen molar-refractivity contribution in [1.82, 2.24) is 9.71 Å². The zero-order valence-electron chi connectivity index (χ0n) is 9.51. The standard InChI is InChI=1S/C11H12N2O3S/c1-7-8(2)13(16-6-10(14)15)11(12-7)9-4-3-5-17-9/h3-5H,6H2,1-2H3,(H,14,15). The molecule has 0 aromatic carbocycles. The number of hydrogen-bond donors (Lipinski definition) is 1. The van der Waals surface area contributed by atoms with Gasteiger partial charge < -0.3 is 9.94 Å². The number of hydrogen-bond acceptors (Lipinski definition) is 4. The molecule has 0 aliphatic rings. The molecule has 2 heterocycles. The Kier molecular flexibility index (Phi) is 3.14. The molecule has 0 atom stereocenters. The van der Waals surface area contributed by atoms with E-state index in [0.717, 1.165) is 16.3 Å². The van der Waals surface area contributed by atoms with Gasteiger partial charge in [-0.2, -0.15) is 4.73 Å². The first-order valence-electron chi connectivity index (χ1n) is 5.04. The Morgan fingerprint density at radius 1 is 1.59 bits per heavy atom. The lowest BCUT2D eigenvalue weighted by molar-refractivity contribution is -0.142. The van der Waals surface area contributed by atoms with Crippen LogP contribution in [-0.2, 0) is 4.79 Å². The summed E-state index contributed by atoms with van der Waals surface area (Å²) in [7, 11) is 0. The van der Waals surface area contributed by atoms with E-state index < -0.39 is 5.97 Å². The van der Waals surface area contributed by atoms with E-state index in [4.69, 9.17) is 9.94 Å². The second-order valence-corrected chi connectivity index (χ2v) is 4.49. The fourth-order valence-electron chi connectivity index (χ4n) is 1.43. The molecule has 0 unspecified atom stereocenters. The number of aryl methyl sites for hydroxylation is 1. The van der Waals surface area contributed by atoms with Gasteiger partial charge in [0.25, 0.3) is 0 Å². The summed E-state index contributed by atoms with van der Waals surface area (Å²) >= 11 is 1.54. The van der Waals surface area contributed by atoms with Gasteiger partial charge >= 0.3 is 5.97 Å². The minimum atomic E-state index is -1.01. The Morgan fingerprint density at radius 2 is 2.35 bits per heavy atom. The number of aromatic nitrogens is 2. The number of carboxylic acid groups (broad SMARTS) is 1. The van der Waals surface area contributed by atoms with Crippen LogP contribution in [0.2, 0.25) is 0 Å². The van der Waals surface area contributed by atoms with Gasteiger partial charge in [-0.3, -0.25) is 0 Å². The van der Waals surface area contributed by atoms with Gasteiger partial charge in [-0.25, -0.2) is 9.78 Å². The highest BCUT2D eigenvalue weighted by molar-refractivity contribution is 7.13. The van der Waals surface area contributed by atoms with Crippen molar-refractivity contribution >= 4 is 17.3 Å². The molecule has 0 aliphatic carbocycles. The third-order valence-corrected chi connectivity index (χ3v) is 3.22. The third kappa shape index (κ3) is 2.31. The second kappa shape index (κ2) is 4.58. The van der Waals surface area contributed by atoms with Gasteiger partial charge in [-0.05, 0) is 25.3 Å². The van der Waals surface area contributed by atoms with Crippen molar-refractivity contribution in [1.29, 1.82) is 0 Å². The van der Waals surface area contributed by atoms with Crippen LogP contribution >= 0.6 is 11.3 Å². The molecular formula is C11H12N2O3S. The lowest BCUT2D eigenvalue weighted by Gasteiger charge is -2.08. The smallest absolute Gasteiger partial charge is 0.344 e. The van der Waals surface area contributed by atoms with Crippen LogP contribution in [0.25, 0.3) is 10.7 Å². The third-order valence-electron chi connectivity index (χ3n) is 2.35. The lowest BCUT2D eigenvalue weighted by Crippen LogP contribution is -2.21. The average molecular weight is 252 g/mol. The molecule has 0 bridgehead atoms.